The fourth-order valence-electron chi connectivity index (χ4n) is 4.20. The monoisotopic (exact) mass is 454 g/mol. The molecule has 0 saturated heterocycles. The maximum atomic E-state index is 12.6. The molecular formula is C24H26N2O3S2. The summed E-state index contributed by atoms with van der Waals surface area (Å²) in [5.74, 6) is -0.106. The molecule has 0 saturated carbocycles. The number of nitrogens with zero attached hydrogens (tertiary/aromatic N) is 1. The molecule has 3 aromatic rings. The number of sulfonamides is 1. The van der Waals surface area contributed by atoms with Crippen molar-refractivity contribution >= 4 is 49.8 Å². The highest BCUT2D eigenvalue weighted by Gasteiger charge is 2.19. The van der Waals surface area contributed by atoms with Crippen LogP contribution in [0.5, 0.6) is 0 Å². The Balaban J connectivity index is 1.43. The molecule has 0 fully saturated rings. The summed E-state index contributed by atoms with van der Waals surface area (Å²) in [6.45, 7) is 0.258. The molecule has 1 amide bonds. The molecule has 1 aliphatic carbocycles. The van der Waals surface area contributed by atoms with Gasteiger partial charge >= 0.3 is 0 Å². The van der Waals surface area contributed by atoms with Gasteiger partial charge in [-0.3, -0.25) is 9.10 Å². The quantitative estimate of drug-likeness (QED) is 0.495. The maximum Gasteiger partial charge on any atom is 0.232 e. The molecule has 0 unspecified atom stereocenters. The minimum atomic E-state index is -3.44. The van der Waals surface area contributed by atoms with Gasteiger partial charge in [-0.05, 0) is 66.3 Å². The minimum Gasteiger partial charge on any atom is -0.326 e. The average molecular weight is 455 g/mol. The van der Waals surface area contributed by atoms with Crippen LogP contribution in [0, 0.1) is 0 Å². The number of carbonyl (C=O) groups is 1. The molecule has 0 spiro atoms. The van der Waals surface area contributed by atoms with E-state index in [1.165, 1.54) is 27.1 Å². The number of amides is 1. The maximum absolute atomic E-state index is 12.6. The lowest BCUT2D eigenvalue weighted by Crippen LogP contribution is -2.31. The lowest BCUT2D eigenvalue weighted by atomic mass is 10.0. The highest BCUT2D eigenvalue weighted by atomic mass is 32.2. The Labute approximate surface area is 187 Å². The van der Waals surface area contributed by atoms with Crippen molar-refractivity contribution in [2.75, 3.05) is 28.7 Å². The Morgan fingerprint density at radius 3 is 2.55 bits per heavy atom. The van der Waals surface area contributed by atoms with Crippen LogP contribution in [-0.2, 0) is 27.7 Å². The zero-order valence-corrected chi connectivity index (χ0v) is 19.4. The van der Waals surface area contributed by atoms with Crippen LogP contribution < -0.4 is 9.62 Å². The molecule has 1 N–H and O–H groups in total. The van der Waals surface area contributed by atoms with Gasteiger partial charge in [0.2, 0.25) is 15.9 Å². The summed E-state index contributed by atoms with van der Waals surface area (Å²) < 4.78 is 26.0. The van der Waals surface area contributed by atoms with Gasteiger partial charge in [0.1, 0.15) is 0 Å². The van der Waals surface area contributed by atoms with E-state index < -0.39 is 10.0 Å². The third-order valence-electron chi connectivity index (χ3n) is 5.66. The second-order valence-corrected chi connectivity index (χ2v) is 10.6. The third-order valence-corrected chi connectivity index (χ3v) is 7.58. The Hall–Kier alpha value is -2.51. The summed E-state index contributed by atoms with van der Waals surface area (Å²) in [5, 5.41) is 5.37. The number of benzene rings is 3. The van der Waals surface area contributed by atoms with Crippen molar-refractivity contribution < 1.29 is 13.2 Å². The van der Waals surface area contributed by atoms with Gasteiger partial charge < -0.3 is 5.32 Å². The highest BCUT2D eigenvalue weighted by Crippen LogP contribution is 2.35. The zero-order chi connectivity index (χ0) is 22.0. The van der Waals surface area contributed by atoms with Crippen LogP contribution in [-0.4, -0.2) is 33.4 Å². The SMILES string of the molecule is CSc1cccc(N(CCCC(=O)Nc2ccc3c4c(cccc24)CC3)S(C)(=O)=O)c1. The lowest BCUT2D eigenvalue weighted by molar-refractivity contribution is -0.116. The first-order valence-electron chi connectivity index (χ1n) is 10.3. The molecule has 0 bridgehead atoms. The molecule has 1 aliphatic rings. The minimum absolute atomic E-state index is 0.106. The highest BCUT2D eigenvalue weighted by molar-refractivity contribution is 7.98. The molecule has 162 valence electrons. The first-order chi connectivity index (χ1) is 14.9. The van der Waals surface area contributed by atoms with Crippen molar-refractivity contribution in [2.24, 2.45) is 0 Å². The van der Waals surface area contributed by atoms with E-state index in [4.69, 9.17) is 0 Å². The van der Waals surface area contributed by atoms with Gasteiger partial charge in [-0.1, -0.05) is 30.3 Å². The van der Waals surface area contributed by atoms with Crippen molar-refractivity contribution in [3.8, 4) is 0 Å². The second kappa shape index (κ2) is 8.93. The summed E-state index contributed by atoms with van der Waals surface area (Å²) in [7, 11) is -3.44. The van der Waals surface area contributed by atoms with Crippen molar-refractivity contribution in [3.63, 3.8) is 0 Å². The topological polar surface area (TPSA) is 66.5 Å². The van der Waals surface area contributed by atoms with Crippen LogP contribution in [0.3, 0.4) is 0 Å². The van der Waals surface area contributed by atoms with Crippen LogP contribution in [0.1, 0.15) is 24.0 Å². The van der Waals surface area contributed by atoms with Crippen molar-refractivity contribution in [3.05, 3.63) is 65.7 Å². The molecule has 31 heavy (non-hydrogen) atoms. The van der Waals surface area contributed by atoms with E-state index in [1.54, 1.807) is 17.8 Å². The number of anilines is 2. The Bertz CT molecular complexity index is 1230. The molecule has 5 nitrogen and oxygen atoms in total. The number of carbonyl (C=O) groups excluding carboxylic acids is 1. The first kappa shape index (κ1) is 21.7. The van der Waals surface area contributed by atoms with E-state index in [0.717, 1.165) is 28.8 Å². The van der Waals surface area contributed by atoms with Gasteiger partial charge in [0.15, 0.2) is 0 Å². The molecule has 0 radical (unpaired) electrons. The zero-order valence-electron chi connectivity index (χ0n) is 17.7. The predicted octanol–water partition coefficient (Wildman–Crippen LogP) is 4.85. The summed E-state index contributed by atoms with van der Waals surface area (Å²) in [5.41, 5.74) is 4.11. The lowest BCUT2D eigenvalue weighted by Gasteiger charge is -2.22. The molecule has 7 heteroatoms. The van der Waals surface area contributed by atoms with Gasteiger partial charge in [0, 0.05) is 28.9 Å². The average Bonchev–Trinajstić information content (AvgIpc) is 3.17. The number of thioether (sulfide) groups is 1. The van der Waals surface area contributed by atoms with Crippen LogP contribution in [0.2, 0.25) is 0 Å². The number of nitrogens with one attached hydrogen (secondary N) is 1. The third kappa shape index (κ3) is 4.72. The van der Waals surface area contributed by atoms with Gasteiger partial charge in [-0.25, -0.2) is 8.42 Å². The molecule has 0 aliphatic heterocycles. The number of hydrogen-bond acceptors (Lipinski definition) is 4. The van der Waals surface area contributed by atoms with Gasteiger partial charge in [0.05, 0.1) is 11.9 Å². The van der Waals surface area contributed by atoms with Gasteiger partial charge in [-0.15, -0.1) is 11.8 Å². The summed E-state index contributed by atoms with van der Waals surface area (Å²) >= 11 is 1.56. The second-order valence-electron chi connectivity index (χ2n) is 7.80. The number of rotatable bonds is 8. The normalized spacial score (nSPS) is 12.8. The van der Waals surface area contributed by atoms with E-state index >= 15 is 0 Å². The predicted molar refractivity (Wildman–Crippen MR) is 130 cm³/mol. The fraction of sp³-hybridized carbons (Fsp3) is 0.292. The summed E-state index contributed by atoms with van der Waals surface area (Å²) in [6.07, 6.45) is 5.92. The van der Waals surface area contributed by atoms with E-state index in [0.29, 0.717) is 12.1 Å². The van der Waals surface area contributed by atoms with Gasteiger partial charge in [-0.2, -0.15) is 0 Å². The summed E-state index contributed by atoms with van der Waals surface area (Å²) in [6, 6.07) is 17.7. The molecule has 3 aromatic carbocycles. The van der Waals surface area contributed by atoms with Crippen molar-refractivity contribution in [1.82, 2.24) is 0 Å². The van der Waals surface area contributed by atoms with Crippen LogP contribution >= 0.6 is 11.8 Å². The Morgan fingerprint density at radius 2 is 1.81 bits per heavy atom. The largest absolute Gasteiger partial charge is 0.326 e. The molecular weight excluding hydrogens is 428 g/mol. The van der Waals surface area contributed by atoms with E-state index in [2.05, 4.69) is 17.4 Å². The van der Waals surface area contributed by atoms with Crippen molar-refractivity contribution in [2.45, 2.75) is 30.6 Å². The van der Waals surface area contributed by atoms with E-state index in [1.807, 2.05) is 42.7 Å². The molecule has 0 heterocycles. The first-order valence-corrected chi connectivity index (χ1v) is 13.4. The van der Waals surface area contributed by atoms with Crippen LogP contribution in [0.15, 0.2) is 59.5 Å². The van der Waals surface area contributed by atoms with E-state index in [-0.39, 0.29) is 18.9 Å². The smallest absolute Gasteiger partial charge is 0.232 e. The van der Waals surface area contributed by atoms with Gasteiger partial charge in [0.25, 0.3) is 0 Å². The van der Waals surface area contributed by atoms with E-state index in [9.17, 15) is 13.2 Å². The summed E-state index contributed by atoms with van der Waals surface area (Å²) in [4.78, 5) is 13.6. The standard InChI is InChI=1S/C24H26N2O3S2/c1-30-20-8-4-7-19(16-20)26(31(2,28)29)15-5-10-23(27)25-22-14-13-18-12-11-17-6-3-9-21(22)24(17)18/h3-4,6-9,13-14,16H,5,10-12,15H2,1-2H3,(H,25,27). The Morgan fingerprint density at radius 1 is 1.06 bits per heavy atom. The van der Waals surface area contributed by atoms with Crippen LogP contribution in [0.25, 0.3) is 10.8 Å². The number of hydrogen-bond donors (Lipinski definition) is 1. The molecule has 0 atom stereocenters. The molecule has 4 rings (SSSR count). The fourth-order valence-corrected chi connectivity index (χ4v) is 5.61. The Kier molecular flexibility index (Phi) is 6.25. The molecule has 0 aromatic heterocycles. The number of aryl methyl sites for hydroxylation is 2. The van der Waals surface area contributed by atoms with Crippen LogP contribution in [0.4, 0.5) is 11.4 Å². The van der Waals surface area contributed by atoms with Crippen molar-refractivity contribution in [1.29, 1.82) is 0 Å².